The van der Waals surface area contributed by atoms with Gasteiger partial charge in [0.05, 0.1) is 0 Å². The highest BCUT2D eigenvalue weighted by Crippen LogP contribution is 2.11. The van der Waals surface area contributed by atoms with Gasteiger partial charge < -0.3 is 5.73 Å². The zero-order valence-electron chi connectivity index (χ0n) is 20.2. The number of benzene rings is 2. The number of rotatable bonds is 5. The number of carbonyl (C=O) groups is 1. The van der Waals surface area contributed by atoms with E-state index in [-0.39, 0.29) is 0 Å². The van der Waals surface area contributed by atoms with Crippen molar-refractivity contribution in [2.24, 2.45) is 5.73 Å². The molecule has 0 aliphatic carbocycles. The van der Waals surface area contributed by atoms with E-state index in [1.54, 1.807) is 12.1 Å². The first-order valence-corrected chi connectivity index (χ1v) is 10.9. The topological polar surface area (TPSA) is 43.1 Å². The van der Waals surface area contributed by atoms with Gasteiger partial charge in [0.2, 0.25) is 5.91 Å². The number of aryl methyl sites for hydroxylation is 1. The highest BCUT2D eigenvalue weighted by Gasteiger charge is 1.99. The number of carbonyl (C=O) groups excluding carboxylic acids is 1. The Labute approximate surface area is 185 Å². The average Bonchev–Trinajstić information content (AvgIpc) is 2.81. The van der Waals surface area contributed by atoms with Gasteiger partial charge in [0.25, 0.3) is 0 Å². The molecule has 2 nitrogen and oxygen atoms in total. The lowest BCUT2D eigenvalue weighted by Crippen LogP contribution is -2.10. The number of amides is 1. The van der Waals surface area contributed by atoms with Crippen LogP contribution in [0.25, 0.3) is 12.2 Å². The van der Waals surface area contributed by atoms with Crippen LogP contribution in [0.15, 0.2) is 72.3 Å². The lowest BCUT2D eigenvalue weighted by atomic mass is 10.1. The first-order chi connectivity index (χ1) is 14.5. The molecule has 0 radical (unpaired) electrons. The second-order valence-electron chi connectivity index (χ2n) is 5.95. The molecule has 0 atom stereocenters. The van der Waals surface area contributed by atoms with E-state index in [0.717, 1.165) is 17.5 Å². The number of primary amides is 1. The summed E-state index contributed by atoms with van der Waals surface area (Å²) in [5, 5.41) is 0. The smallest absolute Gasteiger partial charge is 0.248 e. The first kappa shape index (κ1) is 29.3. The molecule has 1 amide bonds. The minimum absolute atomic E-state index is 0.400. The van der Waals surface area contributed by atoms with Crippen LogP contribution in [0.1, 0.15) is 82.4 Å². The van der Waals surface area contributed by atoms with Crippen LogP contribution in [-0.2, 0) is 6.42 Å². The largest absolute Gasteiger partial charge is 0.366 e. The second-order valence-corrected chi connectivity index (χ2v) is 5.95. The summed E-state index contributed by atoms with van der Waals surface area (Å²) in [4.78, 5) is 11.1. The molecule has 0 saturated carbocycles. The highest BCUT2D eigenvalue weighted by molar-refractivity contribution is 5.93. The third kappa shape index (κ3) is 13.3. The Bertz CT molecular complexity index is 781. The Kier molecular flexibility index (Phi) is 19.0. The molecule has 0 heterocycles. The van der Waals surface area contributed by atoms with E-state index in [1.165, 1.54) is 11.1 Å². The van der Waals surface area contributed by atoms with E-state index < -0.39 is 5.91 Å². The van der Waals surface area contributed by atoms with Gasteiger partial charge in [0.1, 0.15) is 0 Å². The summed E-state index contributed by atoms with van der Waals surface area (Å²) < 4.78 is 0. The molecule has 0 aromatic heterocycles. The number of hydrogen-bond donors (Lipinski definition) is 1. The predicted molar refractivity (Wildman–Crippen MR) is 137 cm³/mol. The molecule has 0 unspecified atom stereocenters. The molecule has 0 spiro atoms. The Morgan fingerprint density at radius 3 is 1.90 bits per heavy atom. The van der Waals surface area contributed by atoms with Crippen molar-refractivity contribution in [3.8, 4) is 0 Å². The van der Waals surface area contributed by atoms with Crippen molar-refractivity contribution in [1.29, 1.82) is 0 Å². The fraction of sp³-hybridized carbons (Fsp3) is 0.321. The summed E-state index contributed by atoms with van der Waals surface area (Å²) in [6, 6.07) is 15.7. The Balaban J connectivity index is 0. The Hall–Kier alpha value is -2.87. The van der Waals surface area contributed by atoms with Crippen LogP contribution in [0.3, 0.4) is 0 Å². The van der Waals surface area contributed by atoms with E-state index in [4.69, 9.17) is 5.73 Å². The molecule has 2 aromatic rings. The Morgan fingerprint density at radius 1 is 0.900 bits per heavy atom. The van der Waals surface area contributed by atoms with Crippen LogP contribution >= 0.6 is 0 Å². The summed E-state index contributed by atoms with van der Waals surface area (Å²) in [6.07, 6.45) is 11.3. The van der Waals surface area contributed by atoms with Gasteiger partial charge in [0.15, 0.2) is 0 Å². The minimum atomic E-state index is -0.400. The van der Waals surface area contributed by atoms with Crippen molar-refractivity contribution in [1.82, 2.24) is 0 Å². The molecule has 30 heavy (non-hydrogen) atoms. The normalized spacial score (nSPS) is 10.3. The van der Waals surface area contributed by atoms with E-state index in [2.05, 4.69) is 50.3 Å². The monoisotopic (exact) mass is 407 g/mol. The van der Waals surface area contributed by atoms with Crippen LogP contribution in [0.5, 0.6) is 0 Å². The SMILES string of the molecule is C/C=C\C(C)=C/C.CC.CC.CCc1ccc(/C=C/c2cccc(C(N)=O)c2)cc1. The van der Waals surface area contributed by atoms with Gasteiger partial charge in [-0.3, -0.25) is 4.79 Å². The van der Waals surface area contributed by atoms with Gasteiger partial charge >= 0.3 is 0 Å². The van der Waals surface area contributed by atoms with Gasteiger partial charge in [-0.1, -0.05) is 107 Å². The molecule has 0 aliphatic rings. The maximum absolute atomic E-state index is 11.1. The van der Waals surface area contributed by atoms with Gasteiger partial charge in [0, 0.05) is 5.56 Å². The van der Waals surface area contributed by atoms with E-state index in [1.807, 2.05) is 71.9 Å². The summed E-state index contributed by atoms with van der Waals surface area (Å²) in [5.74, 6) is -0.400. The van der Waals surface area contributed by atoms with E-state index in [0.29, 0.717) is 5.56 Å². The zero-order valence-corrected chi connectivity index (χ0v) is 20.2. The summed E-state index contributed by atoms with van der Waals surface area (Å²) in [5.41, 5.74) is 10.5. The van der Waals surface area contributed by atoms with Gasteiger partial charge in [-0.2, -0.15) is 0 Å². The number of nitrogens with two attached hydrogens (primary N) is 1. The quantitative estimate of drug-likeness (QED) is 0.395. The molecule has 2 rings (SSSR count). The lowest BCUT2D eigenvalue weighted by molar-refractivity contribution is 0.100. The van der Waals surface area contributed by atoms with Crippen molar-refractivity contribution >= 4 is 18.1 Å². The lowest BCUT2D eigenvalue weighted by Gasteiger charge is -1.99. The third-order valence-electron chi connectivity index (χ3n) is 3.91. The molecule has 0 fully saturated rings. The van der Waals surface area contributed by atoms with Crippen LogP contribution in [0.2, 0.25) is 0 Å². The molecule has 2 heteroatoms. The molecule has 0 saturated heterocycles. The molecule has 2 N–H and O–H groups in total. The van der Waals surface area contributed by atoms with Gasteiger partial charge in [-0.25, -0.2) is 0 Å². The summed E-state index contributed by atoms with van der Waals surface area (Å²) >= 11 is 0. The van der Waals surface area contributed by atoms with Gasteiger partial charge in [-0.15, -0.1) is 0 Å². The van der Waals surface area contributed by atoms with Crippen molar-refractivity contribution < 1.29 is 4.79 Å². The maximum Gasteiger partial charge on any atom is 0.248 e. The summed E-state index contributed by atoms with van der Waals surface area (Å²) in [6.45, 7) is 16.3. The van der Waals surface area contributed by atoms with Crippen molar-refractivity contribution in [2.75, 3.05) is 0 Å². The number of allylic oxidation sites excluding steroid dienone is 4. The fourth-order valence-corrected chi connectivity index (χ4v) is 2.21. The second kappa shape index (κ2) is 19.4. The van der Waals surface area contributed by atoms with Crippen LogP contribution in [-0.4, -0.2) is 5.91 Å². The molecule has 0 bridgehead atoms. The average molecular weight is 408 g/mol. The molecular weight excluding hydrogens is 366 g/mol. The van der Waals surface area contributed by atoms with Crippen molar-refractivity contribution in [3.63, 3.8) is 0 Å². The predicted octanol–water partition coefficient (Wildman–Crippen LogP) is 8.10. The van der Waals surface area contributed by atoms with Crippen LogP contribution in [0, 0.1) is 0 Å². The van der Waals surface area contributed by atoms with Crippen molar-refractivity contribution in [3.05, 3.63) is 94.6 Å². The van der Waals surface area contributed by atoms with Crippen LogP contribution < -0.4 is 5.73 Å². The van der Waals surface area contributed by atoms with E-state index >= 15 is 0 Å². The standard InChI is InChI=1S/C17H17NO.C7H12.2C2H6/c1-2-13-6-8-14(9-7-13)10-11-15-4-3-5-16(12-15)17(18)19;1-4-6-7(3)5-2;2*1-2/h3-12H,2H2,1H3,(H2,18,19);4-6H,1-3H3;2*1-2H3/b11-10+;6-4-,7-5-;;. The minimum Gasteiger partial charge on any atom is -0.366 e. The third-order valence-corrected chi connectivity index (χ3v) is 3.91. The molecular formula is C28H41NO. The van der Waals surface area contributed by atoms with E-state index in [9.17, 15) is 4.79 Å². The van der Waals surface area contributed by atoms with Crippen molar-refractivity contribution in [2.45, 2.75) is 61.8 Å². The zero-order chi connectivity index (χ0) is 23.4. The first-order valence-electron chi connectivity index (χ1n) is 10.9. The fourth-order valence-electron chi connectivity index (χ4n) is 2.21. The van der Waals surface area contributed by atoms with Gasteiger partial charge in [-0.05, 0) is 56.0 Å². The summed E-state index contributed by atoms with van der Waals surface area (Å²) in [7, 11) is 0. The molecule has 0 aliphatic heterocycles. The molecule has 2 aromatic carbocycles. The molecule has 164 valence electrons. The number of hydrogen-bond acceptors (Lipinski definition) is 1. The maximum atomic E-state index is 11.1. The Morgan fingerprint density at radius 2 is 1.47 bits per heavy atom. The highest BCUT2D eigenvalue weighted by atomic mass is 16.1. The van der Waals surface area contributed by atoms with Crippen LogP contribution in [0.4, 0.5) is 0 Å².